The molecular formula is C12H17F3N4O3. The van der Waals surface area contributed by atoms with E-state index < -0.39 is 42.0 Å². The molecule has 0 saturated carbocycles. The van der Waals surface area contributed by atoms with Gasteiger partial charge in [-0.05, 0) is 17.8 Å². The van der Waals surface area contributed by atoms with Gasteiger partial charge in [-0.1, -0.05) is 13.8 Å². The summed E-state index contributed by atoms with van der Waals surface area (Å²) < 4.78 is 38.9. The van der Waals surface area contributed by atoms with Crippen LogP contribution < -0.4 is 0 Å². The van der Waals surface area contributed by atoms with Crippen molar-refractivity contribution in [2.75, 3.05) is 6.54 Å². The summed E-state index contributed by atoms with van der Waals surface area (Å²) in [6.07, 6.45) is -3.34. The number of aromatic nitrogens is 2. The van der Waals surface area contributed by atoms with Crippen molar-refractivity contribution in [1.29, 1.82) is 0 Å². The second kappa shape index (κ2) is 6.75. The Kier molecular flexibility index (Phi) is 5.50. The lowest BCUT2D eigenvalue weighted by Crippen LogP contribution is -2.47. The number of hydrogen-bond donors (Lipinski definition) is 0. The van der Waals surface area contributed by atoms with Crippen LogP contribution in [0.5, 0.6) is 0 Å². The van der Waals surface area contributed by atoms with E-state index in [4.69, 9.17) is 0 Å². The molecule has 1 amide bonds. The third-order valence-electron chi connectivity index (χ3n) is 3.24. The lowest BCUT2D eigenvalue weighted by atomic mass is 10.0. The number of carbonyl (C=O) groups is 1. The maximum atomic E-state index is 12.6. The minimum absolute atomic E-state index is 0.168. The number of amides is 1. The van der Waals surface area contributed by atoms with Crippen LogP contribution in [0.15, 0.2) is 12.3 Å². The largest absolute Gasteiger partial charge is 0.406 e. The van der Waals surface area contributed by atoms with Gasteiger partial charge in [-0.3, -0.25) is 4.79 Å². The topological polar surface area (TPSA) is 81.3 Å². The first kappa shape index (κ1) is 17.9. The van der Waals surface area contributed by atoms with Crippen molar-refractivity contribution < 1.29 is 22.9 Å². The molecule has 124 valence electrons. The molecule has 0 spiro atoms. The first-order valence-electron chi connectivity index (χ1n) is 6.55. The van der Waals surface area contributed by atoms with Crippen LogP contribution in [0.2, 0.25) is 0 Å². The number of halogens is 3. The highest BCUT2D eigenvalue weighted by Gasteiger charge is 2.36. The number of alkyl halides is 3. The Morgan fingerprint density at radius 1 is 1.45 bits per heavy atom. The predicted molar refractivity (Wildman–Crippen MR) is 70.9 cm³/mol. The van der Waals surface area contributed by atoms with Crippen LogP contribution in [-0.4, -0.2) is 44.3 Å². The molecule has 1 unspecified atom stereocenters. The molecule has 10 heteroatoms. The number of carbonyl (C=O) groups excluding carboxylic acids is 1. The average Bonchev–Trinajstić information content (AvgIpc) is 2.82. The molecule has 0 saturated heterocycles. The van der Waals surface area contributed by atoms with Gasteiger partial charge in [0.2, 0.25) is 5.91 Å². The first-order valence-corrected chi connectivity index (χ1v) is 6.55. The van der Waals surface area contributed by atoms with Crippen molar-refractivity contribution in [2.24, 2.45) is 5.92 Å². The van der Waals surface area contributed by atoms with E-state index in [1.54, 1.807) is 13.8 Å². The molecule has 0 bridgehead atoms. The van der Waals surface area contributed by atoms with Crippen LogP contribution in [0.1, 0.15) is 20.8 Å². The zero-order valence-electron chi connectivity index (χ0n) is 12.4. The van der Waals surface area contributed by atoms with Gasteiger partial charge in [-0.15, -0.1) is 0 Å². The molecule has 0 fully saturated rings. The maximum Gasteiger partial charge on any atom is 0.406 e. The number of nitrogens with zero attached hydrogens (tertiary/aromatic N) is 4. The van der Waals surface area contributed by atoms with Crippen molar-refractivity contribution in [3.63, 3.8) is 0 Å². The third-order valence-corrected chi connectivity index (χ3v) is 3.24. The molecule has 0 N–H and O–H groups in total. The van der Waals surface area contributed by atoms with E-state index >= 15 is 0 Å². The lowest BCUT2D eigenvalue weighted by molar-refractivity contribution is -0.389. The molecule has 1 aromatic heterocycles. The Hall–Kier alpha value is -2.13. The highest BCUT2D eigenvalue weighted by molar-refractivity contribution is 5.76. The van der Waals surface area contributed by atoms with Gasteiger partial charge in [-0.25, -0.2) is 0 Å². The van der Waals surface area contributed by atoms with Crippen LogP contribution in [0.25, 0.3) is 0 Å². The summed E-state index contributed by atoms with van der Waals surface area (Å²) in [5, 5.41) is 14.0. The van der Waals surface area contributed by atoms with Crippen molar-refractivity contribution in [3.05, 3.63) is 22.4 Å². The summed E-state index contributed by atoms with van der Waals surface area (Å²) in [6, 6.07) is 0.451. The van der Waals surface area contributed by atoms with Crippen molar-refractivity contribution >= 4 is 11.7 Å². The molecule has 0 radical (unpaired) electrons. The number of nitro groups is 1. The Labute approximate surface area is 124 Å². The zero-order chi connectivity index (χ0) is 17.1. The van der Waals surface area contributed by atoms with E-state index in [1.165, 1.54) is 13.1 Å². The summed E-state index contributed by atoms with van der Waals surface area (Å²) in [5.41, 5.74) is 0. The molecule has 1 rings (SSSR count). The van der Waals surface area contributed by atoms with Gasteiger partial charge in [0.1, 0.15) is 13.1 Å². The molecule has 1 aromatic rings. The van der Waals surface area contributed by atoms with Crippen LogP contribution in [-0.2, 0) is 11.3 Å². The Balaban J connectivity index is 2.88. The van der Waals surface area contributed by atoms with Crippen LogP contribution in [0, 0.1) is 16.0 Å². The third kappa shape index (κ3) is 5.01. The monoisotopic (exact) mass is 322 g/mol. The molecule has 0 aliphatic rings. The van der Waals surface area contributed by atoms with Gasteiger partial charge in [0.05, 0.1) is 17.4 Å². The molecular weight excluding hydrogens is 305 g/mol. The molecule has 0 aliphatic heterocycles. The number of rotatable bonds is 6. The minimum atomic E-state index is -4.52. The zero-order valence-corrected chi connectivity index (χ0v) is 12.4. The molecule has 0 aromatic carbocycles. The highest BCUT2D eigenvalue weighted by atomic mass is 19.4. The maximum absolute atomic E-state index is 12.6. The van der Waals surface area contributed by atoms with Crippen LogP contribution in [0.4, 0.5) is 19.0 Å². The molecule has 22 heavy (non-hydrogen) atoms. The quantitative estimate of drug-likeness (QED) is 0.594. The summed E-state index contributed by atoms with van der Waals surface area (Å²) in [6.45, 7) is 3.09. The van der Waals surface area contributed by atoms with E-state index in [1.807, 2.05) is 0 Å². The van der Waals surface area contributed by atoms with E-state index in [2.05, 4.69) is 5.10 Å². The average molecular weight is 322 g/mol. The first-order chi connectivity index (χ1) is 10.0. The minimum Gasteiger partial charge on any atom is -0.358 e. The summed E-state index contributed by atoms with van der Waals surface area (Å²) >= 11 is 0. The van der Waals surface area contributed by atoms with E-state index in [9.17, 15) is 28.1 Å². The van der Waals surface area contributed by atoms with Gasteiger partial charge in [0.15, 0.2) is 0 Å². The second-order valence-corrected chi connectivity index (χ2v) is 5.25. The fourth-order valence-corrected chi connectivity index (χ4v) is 1.78. The Bertz CT molecular complexity index is 542. The number of hydrogen-bond acceptors (Lipinski definition) is 4. The standard InChI is InChI=1S/C12H17F3N4O3/c1-8(2)9(3)18(7-12(13,14)15)11(20)6-17-5-4-10(16-17)19(21)22/h4-5,8-9H,6-7H2,1-3H3. The van der Waals surface area contributed by atoms with E-state index in [-0.39, 0.29) is 5.92 Å². The predicted octanol–water partition coefficient (Wildman–Crippen LogP) is 2.23. The smallest absolute Gasteiger partial charge is 0.358 e. The van der Waals surface area contributed by atoms with Gasteiger partial charge < -0.3 is 15.0 Å². The van der Waals surface area contributed by atoms with Crippen molar-refractivity contribution in [2.45, 2.75) is 39.5 Å². The Morgan fingerprint density at radius 3 is 2.45 bits per heavy atom. The van der Waals surface area contributed by atoms with Crippen molar-refractivity contribution in [3.8, 4) is 0 Å². The lowest BCUT2D eigenvalue weighted by Gasteiger charge is -2.32. The summed E-state index contributed by atoms with van der Waals surface area (Å²) in [4.78, 5) is 22.6. The molecule has 7 nitrogen and oxygen atoms in total. The second-order valence-electron chi connectivity index (χ2n) is 5.25. The van der Waals surface area contributed by atoms with Crippen LogP contribution in [0.3, 0.4) is 0 Å². The van der Waals surface area contributed by atoms with Crippen LogP contribution >= 0.6 is 0 Å². The van der Waals surface area contributed by atoms with Gasteiger partial charge in [0, 0.05) is 6.04 Å². The summed E-state index contributed by atoms with van der Waals surface area (Å²) in [5.74, 6) is -1.43. The van der Waals surface area contributed by atoms with Crippen molar-refractivity contribution in [1.82, 2.24) is 14.7 Å². The van der Waals surface area contributed by atoms with E-state index in [0.29, 0.717) is 0 Å². The molecule has 1 atom stereocenters. The highest BCUT2D eigenvalue weighted by Crippen LogP contribution is 2.21. The fourth-order valence-electron chi connectivity index (χ4n) is 1.78. The van der Waals surface area contributed by atoms with Gasteiger partial charge in [0.25, 0.3) is 0 Å². The van der Waals surface area contributed by atoms with E-state index in [0.717, 1.165) is 15.6 Å². The fraction of sp³-hybridized carbons (Fsp3) is 0.667. The van der Waals surface area contributed by atoms with Gasteiger partial charge in [-0.2, -0.15) is 17.9 Å². The normalized spacial score (nSPS) is 13.2. The van der Waals surface area contributed by atoms with Gasteiger partial charge >= 0.3 is 12.0 Å². The Morgan fingerprint density at radius 2 is 2.05 bits per heavy atom. The summed E-state index contributed by atoms with van der Waals surface area (Å²) in [7, 11) is 0. The molecule has 1 heterocycles. The SMILES string of the molecule is CC(C)C(C)N(CC(F)(F)F)C(=O)Cn1ccc([N+](=O)[O-])n1. The molecule has 0 aliphatic carbocycles.